The van der Waals surface area contributed by atoms with Gasteiger partial charge in [0, 0.05) is 25.7 Å². The number of para-hydroxylation sites is 1. The van der Waals surface area contributed by atoms with Crippen LogP contribution in [0.1, 0.15) is 36.5 Å². The summed E-state index contributed by atoms with van der Waals surface area (Å²) < 4.78 is 4.90. The van der Waals surface area contributed by atoms with E-state index in [1.165, 1.54) is 20.0 Å². The molecule has 2 rings (SSSR count). The number of carbonyl (C=O) groups is 1. The third kappa shape index (κ3) is 3.31. The third-order valence-electron chi connectivity index (χ3n) is 3.86. The van der Waals surface area contributed by atoms with Gasteiger partial charge in [0.05, 0.1) is 18.4 Å². The Labute approximate surface area is 121 Å². The lowest BCUT2D eigenvalue weighted by molar-refractivity contribution is 0.0601. The lowest BCUT2D eigenvalue weighted by atomic mass is 10.0. The highest BCUT2D eigenvalue weighted by Crippen LogP contribution is 2.25. The van der Waals surface area contributed by atoms with Crippen LogP contribution in [0.4, 0.5) is 5.69 Å². The standard InChI is InChI=1S/C16H24N2O2/c1-3-4-7-13-12-17-10-11-18(13)15-9-6-5-8-14(15)16(19)20-2/h5-6,8-9,13,17H,3-4,7,10-12H2,1-2H3. The molecule has 0 saturated carbocycles. The van der Waals surface area contributed by atoms with Gasteiger partial charge in [0.1, 0.15) is 0 Å². The second kappa shape index (κ2) is 7.29. The van der Waals surface area contributed by atoms with Gasteiger partial charge in [0.15, 0.2) is 0 Å². The molecule has 1 aliphatic rings. The normalized spacial score (nSPS) is 18.9. The molecule has 0 aliphatic carbocycles. The van der Waals surface area contributed by atoms with E-state index >= 15 is 0 Å². The summed E-state index contributed by atoms with van der Waals surface area (Å²) in [6.45, 7) is 5.08. The molecule has 0 spiro atoms. The maximum Gasteiger partial charge on any atom is 0.339 e. The Kier molecular flexibility index (Phi) is 5.41. The minimum atomic E-state index is -0.256. The van der Waals surface area contributed by atoms with Gasteiger partial charge in [-0.25, -0.2) is 4.79 Å². The van der Waals surface area contributed by atoms with Crippen molar-refractivity contribution in [2.45, 2.75) is 32.2 Å². The number of hydrogen-bond acceptors (Lipinski definition) is 4. The van der Waals surface area contributed by atoms with Gasteiger partial charge in [-0.05, 0) is 18.6 Å². The van der Waals surface area contributed by atoms with Crippen molar-refractivity contribution in [1.82, 2.24) is 5.32 Å². The molecule has 4 nitrogen and oxygen atoms in total. The summed E-state index contributed by atoms with van der Waals surface area (Å²) in [5.41, 5.74) is 1.67. The fraction of sp³-hybridized carbons (Fsp3) is 0.562. The van der Waals surface area contributed by atoms with Crippen LogP contribution >= 0.6 is 0 Å². The Morgan fingerprint density at radius 1 is 1.45 bits per heavy atom. The van der Waals surface area contributed by atoms with Crippen LogP contribution in [0, 0.1) is 0 Å². The Hall–Kier alpha value is -1.55. The van der Waals surface area contributed by atoms with Gasteiger partial charge in [-0.1, -0.05) is 31.9 Å². The van der Waals surface area contributed by atoms with Gasteiger partial charge in [0.2, 0.25) is 0 Å². The Morgan fingerprint density at radius 3 is 3.00 bits per heavy atom. The molecule has 4 heteroatoms. The molecule has 1 aliphatic heterocycles. The average Bonchev–Trinajstić information content (AvgIpc) is 2.52. The molecule has 20 heavy (non-hydrogen) atoms. The van der Waals surface area contributed by atoms with E-state index in [-0.39, 0.29) is 5.97 Å². The smallest absolute Gasteiger partial charge is 0.339 e. The minimum absolute atomic E-state index is 0.256. The molecule has 0 radical (unpaired) electrons. The molecule has 0 bridgehead atoms. The first-order chi connectivity index (χ1) is 9.77. The number of ether oxygens (including phenoxy) is 1. The molecule has 1 heterocycles. The topological polar surface area (TPSA) is 41.6 Å². The summed E-state index contributed by atoms with van der Waals surface area (Å²) in [6.07, 6.45) is 3.56. The van der Waals surface area contributed by atoms with E-state index in [0.29, 0.717) is 11.6 Å². The van der Waals surface area contributed by atoms with Crippen LogP contribution in [0.3, 0.4) is 0 Å². The SMILES string of the molecule is CCCCC1CNCCN1c1ccccc1C(=O)OC. The van der Waals surface area contributed by atoms with E-state index in [4.69, 9.17) is 4.74 Å². The Morgan fingerprint density at radius 2 is 2.25 bits per heavy atom. The maximum absolute atomic E-state index is 11.9. The summed E-state index contributed by atoms with van der Waals surface area (Å²) in [6, 6.07) is 8.20. The molecule has 1 unspecified atom stereocenters. The van der Waals surface area contributed by atoms with E-state index in [0.717, 1.165) is 31.7 Å². The zero-order valence-corrected chi connectivity index (χ0v) is 12.4. The van der Waals surface area contributed by atoms with Crippen molar-refractivity contribution in [3.8, 4) is 0 Å². The summed E-state index contributed by atoms with van der Waals surface area (Å²) in [7, 11) is 1.44. The molecule has 110 valence electrons. The summed E-state index contributed by atoms with van der Waals surface area (Å²) in [4.78, 5) is 14.3. The average molecular weight is 276 g/mol. The number of nitrogens with zero attached hydrogens (tertiary/aromatic N) is 1. The van der Waals surface area contributed by atoms with Gasteiger partial charge in [0.25, 0.3) is 0 Å². The molecular formula is C16H24N2O2. The quantitative estimate of drug-likeness (QED) is 0.839. The molecule has 0 aromatic heterocycles. The zero-order valence-electron chi connectivity index (χ0n) is 12.4. The largest absolute Gasteiger partial charge is 0.465 e. The molecule has 1 aromatic rings. The molecule has 1 saturated heterocycles. The van der Waals surface area contributed by atoms with Crippen LogP contribution in [0.25, 0.3) is 0 Å². The number of benzene rings is 1. The fourth-order valence-electron chi connectivity index (χ4n) is 2.78. The van der Waals surface area contributed by atoms with Crippen LogP contribution in [0.2, 0.25) is 0 Å². The minimum Gasteiger partial charge on any atom is -0.465 e. The van der Waals surface area contributed by atoms with Crippen molar-refractivity contribution in [3.63, 3.8) is 0 Å². The molecule has 0 amide bonds. The second-order valence-electron chi connectivity index (χ2n) is 5.20. The van der Waals surface area contributed by atoms with E-state index < -0.39 is 0 Å². The third-order valence-corrected chi connectivity index (χ3v) is 3.86. The van der Waals surface area contributed by atoms with Crippen LogP contribution in [0.15, 0.2) is 24.3 Å². The van der Waals surface area contributed by atoms with Crippen LogP contribution < -0.4 is 10.2 Å². The van der Waals surface area contributed by atoms with E-state index in [2.05, 4.69) is 17.1 Å². The van der Waals surface area contributed by atoms with Gasteiger partial charge >= 0.3 is 5.97 Å². The predicted molar refractivity (Wildman–Crippen MR) is 81.3 cm³/mol. The first kappa shape index (κ1) is 14.9. The lowest BCUT2D eigenvalue weighted by Gasteiger charge is -2.39. The number of nitrogens with one attached hydrogen (secondary N) is 1. The number of methoxy groups -OCH3 is 1. The number of piperazine rings is 1. The summed E-state index contributed by atoms with van der Waals surface area (Å²) >= 11 is 0. The number of anilines is 1. The summed E-state index contributed by atoms with van der Waals surface area (Å²) in [5.74, 6) is -0.256. The predicted octanol–water partition coefficient (Wildman–Crippen LogP) is 2.44. The highest BCUT2D eigenvalue weighted by Gasteiger charge is 2.25. The van der Waals surface area contributed by atoms with Gasteiger partial charge in [-0.2, -0.15) is 0 Å². The molecular weight excluding hydrogens is 252 g/mol. The van der Waals surface area contributed by atoms with Crippen molar-refractivity contribution in [1.29, 1.82) is 0 Å². The Bertz CT molecular complexity index is 448. The van der Waals surface area contributed by atoms with Crippen LogP contribution in [-0.2, 0) is 4.74 Å². The fourth-order valence-corrected chi connectivity index (χ4v) is 2.78. The van der Waals surface area contributed by atoms with E-state index in [1.807, 2.05) is 24.3 Å². The van der Waals surface area contributed by atoms with Gasteiger partial charge in [-0.3, -0.25) is 0 Å². The van der Waals surface area contributed by atoms with Crippen molar-refractivity contribution >= 4 is 11.7 Å². The Balaban J connectivity index is 2.25. The molecule has 1 N–H and O–H groups in total. The van der Waals surface area contributed by atoms with E-state index in [1.54, 1.807) is 0 Å². The molecule has 1 aromatic carbocycles. The van der Waals surface area contributed by atoms with Crippen LogP contribution in [0.5, 0.6) is 0 Å². The lowest BCUT2D eigenvalue weighted by Crippen LogP contribution is -2.51. The first-order valence-corrected chi connectivity index (χ1v) is 7.42. The highest BCUT2D eigenvalue weighted by atomic mass is 16.5. The van der Waals surface area contributed by atoms with Crippen molar-refractivity contribution in [3.05, 3.63) is 29.8 Å². The number of rotatable bonds is 5. The second-order valence-corrected chi connectivity index (χ2v) is 5.20. The highest BCUT2D eigenvalue weighted by molar-refractivity contribution is 5.95. The monoisotopic (exact) mass is 276 g/mol. The van der Waals surface area contributed by atoms with Crippen LogP contribution in [-0.4, -0.2) is 38.8 Å². The number of carbonyl (C=O) groups excluding carboxylic acids is 1. The van der Waals surface area contributed by atoms with Crippen molar-refractivity contribution < 1.29 is 9.53 Å². The van der Waals surface area contributed by atoms with Crippen molar-refractivity contribution in [2.75, 3.05) is 31.6 Å². The molecule has 1 atom stereocenters. The number of unbranched alkanes of at least 4 members (excludes halogenated alkanes) is 1. The van der Waals surface area contributed by atoms with Crippen molar-refractivity contribution in [2.24, 2.45) is 0 Å². The number of hydrogen-bond donors (Lipinski definition) is 1. The van der Waals surface area contributed by atoms with E-state index in [9.17, 15) is 4.79 Å². The number of esters is 1. The summed E-state index contributed by atoms with van der Waals surface area (Å²) in [5, 5.41) is 3.45. The first-order valence-electron chi connectivity index (χ1n) is 7.42. The van der Waals surface area contributed by atoms with Gasteiger partial charge in [-0.15, -0.1) is 0 Å². The molecule has 1 fully saturated rings. The van der Waals surface area contributed by atoms with Gasteiger partial charge < -0.3 is 15.0 Å². The zero-order chi connectivity index (χ0) is 14.4. The maximum atomic E-state index is 11.9.